The van der Waals surface area contributed by atoms with E-state index in [2.05, 4.69) is 19.2 Å². The van der Waals surface area contributed by atoms with Crippen molar-refractivity contribution in [2.75, 3.05) is 12.3 Å². The van der Waals surface area contributed by atoms with Gasteiger partial charge in [-0.05, 0) is 23.2 Å². The van der Waals surface area contributed by atoms with E-state index in [4.69, 9.17) is 0 Å². The lowest BCUT2D eigenvalue weighted by molar-refractivity contribution is -0.0327. The molecular weight excluding hydrogens is 259 g/mol. The summed E-state index contributed by atoms with van der Waals surface area (Å²) >= 11 is 0.0200. The van der Waals surface area contributed by atoms with Crippen LogP contribution in [0.25, 0.3) is 0 Å². The van der Waals surface area contributed by atoms with Crippen LogP contribution in [0.3, 0.4) is 0 Å². The summed E-state index contributed by atoms with van der Waals surface area (Å²) in [6.45, 7) is 4.46. The smallest absolute Gasteiger partial charge is 0.309 e. The number of alkyl halides is 3. The van der Waals surface area contributed by atoms with E-state index in [0.29, 0.717) is 12.5 Å². The first-order valence-corrected chi connectivity index (χ1v) is 6.87. The third-order valence-corrected chi connectivity index (χ3v) is 3.29. The standard InChI is InChI=1S/C13H18F3NS/c1-10(2)12(11-6-4-3-5-7-11)17-8-9-18-13(14,15)16/h3-7,10,12,17H,8-9H2,1-2H3. The van der Waals surface area contributed by atoms with Crippen molar-refractivity contribution in [3.8, 4) is 0 Å². The number of rotatable bonds is 6. The Morgan fingerprint density at radius 3 is 2.28 bits per heavy atom. The van der Waals surface area contributed by atoms with Gasteiger partial charge in [-0.2, -0.15) is 13.2 Å². The Kier molecular flexibility index (Phi) is 6.02. The molecule has 0 spiro atoms. The lowest BCUT2D eigenvalue weighted by Crippen LogP contribution is -2.28. The van der Waals surface area contributed by atoms with Crippen molar-refractivity contribution < 1.29 is 13.2 Å². The Morgan fingerprint density at radius 2 is 1.78 bits per heavy atom. The molecule has 0 aliphatic carbocycles. The van der Waals surface area contributed by atoms with E-state index in [1.165, 1.54) is 0 Å². The van der Waals surface area contributed by atoms with Crippen molar-refractivity contribution in [1.29, 1.82) is 0 Å². The number of hydrogen-bond donors (Lipinski definition) is 1. The molecule has 0 saturated heterocycles. The molecule has 0 heterocycles. The second-order valence-corrected chi connectivity index (χ2v) is 5.54. The Bertz CT molecular complexity index is 338. The molecule has 18 heavy (non-hydrogen) atoms. The van der Waals surface area contributed by atoms with Gasteiger partial charge in [0.1, 0.15) is 0 Å². The third kappa shape index (κ3) is 5.78. The average Bonchev–Trinajstić information content (AvgIpc) is 2.28. The second-order valence-electron chi connectivity index (χ2n) is 4.38. The summed E-state index contributed by atoms with van der Waals surface area (Å²) in [5.41, 5.74) is -3.02. The van der Waals surface area contributed by atoms with Crippen LogP contribution in [-0.2, 0) is 0 Å². The lowest BCUT2D eigenvalue weighted by atomic mass is 9.96. The highest BCUT2D eigenvalue weighted by atomic mass is 32.2. The van der Waals surface area contributed by atoms with Crippen LogP contribution >= 0.6 is 11.8 Å². The van der Waals surface area contributed by atoms with Gasteiger partial charge < -0.3 is 5.32 Å². The fraction of sp³-hybridized carbons (Fsp3) is 0.538. The molecule has 102 valence electrons. The SMILES string of the molecule is CC(C)C(NCCSC(F)(F)F)c1ccccc1. The van der Waals surface area contributed by atoms with Gasteiger partial charge in [-0.1, -0.05) is 44.2 Å². The molecule has 1 rings (SSSR count). The average molecular weight is 277 g/mol. The Morgan fingerprint density at radius 1 is 1.17 bits per heavy atom. The van der Waals surface area contributed by atoms with Gasteiger partial charge in [0, 0.05) is 18.3 Å². The summed E-state index contributed by atoms with van der Waals surface area (Å²) in [5, 5.41) is 3.19. The van der Waals surface area contributed by atoms with E-state index in [0.717, 1.165) is 5.56 Å². The van der Waals surface area contributed by atoms with Gasteiger partial charge >= 0.3 is 5.51 Å². The summed E-state index contributed by atoms with van der Waals surface area (Å²) in [6, 6.07) is 9.90. The van der Waals surface area contributed by atoms with Crippen molar-refractivity contribution in [1.82, 2.24) is 5.32 Å². The van der Waals surface area contributed by atoms with Crippen molar-refractivity contribution in [3.63, 3.8) is 0 Å². The number of benzene rings is 1. The van der Waals surface area contributed by atoms with Crippen molar-refractivity contribution in [3.05, 3.63) is 35.9 Å². The molecule has 0 amide bonds. The van der Waals surface area contributed by atoms with Crippen LogP contribution < -0.4 is 5.32 Å². The van der Waals surface area contributed by atoms with Gasteiger partial charge in [0.15, 0.2) is 0 Å². The molecule has 0 radical (unpaired) electrons. The van der Waals surface area contributed by atoms with Crippen LogP contribution in [0.1, 0.15) is 25.5 Å². The Hall–Kier alpha value is -0.680. The summed E-state index contributed by atoms with van der Waals surface area (Å²) in [4.78, 5) is 0. The quantitative estimate of drug-likeness (QED) is 0.781. The zero-order chi connectivity index (χ0) is 13.6. The number of halogens is 3. The van der Waals surface area contributed by atoms with Crippen LogP contribution in [0.5, 0.6) is 0 Å². The number of hydrogen-bond acceptors (Lipinski definition) is 2. The highest BCUT2D eigenvalue weighted by molar-refractivity contribution is 8.00. The molecule has 0 aliphatic heterocycles. The molecule has 0 bridgehead atoms. The van der Waals surface area contributed by atoms with Crippen molar-refractivity contribution in [2.45, 2.75) is 25.4 Å². The first-order valence-electron chi connectivity index (χ1n) is 5.89. The molecule has 1 N–H and O–H groups in total. The first kappa shape index (κ1) is 15.4. The molecule has 0 aromatic heterocycles. The minimum Gasteiger partial charge on any atom is -0.309 e. The van der Waals surface area contributed by atoms with E-state index in [9.17, 15) is 13.2 Å². The van der Waals surface area contributed by atoms with Gasteiger partial charge in [-0.25, -0.2) is 0 Å². The molecule has 0 aliphatic rings. The molecule has 5 heteroatoms. The summed E-state index contributed by atoms with van der Waals surface area (Å²) < 4.78 is 36.0. The molecule has 0 saturated carbocycles. The fourth-order valence-corrected chi connectivity index (χ4v) is 2.23. The maximum absolute atomic E-state index is 12.0. The van der Waals surface area contributed by atoms with Gasteiger partial charge in [0.2, 0.25) is 0 Å². The summed E-state index contributed by atoms with van der Waals surface area (Å²) in [6.07, 6.45) is 0. The van der Waals surface area contributed by atoms with Gasteiger partial charge in [-0.15, -0.1) is 0 Å². The summed E-state index contributed by atoms with van der Waals surface area (Å²) in [7, 11) is 0. The van der Waals surface area contributed by atoms with Gasteiger partial charge in [0.25, 0.3) is 0 Å². The minimum atomic E-state index is -4.14. The van der Waals surface area contributed by atoms with Crippen LogP contribution in [0.2, 0.25) is 0 Å². The third-order valence-electron chi connectivity index (χ3n) is 2.56. The van der Waals surface area contributed by atoms with E-state index in [1.54, 1.807) is 0 Å². The summed E-state index contributed by atoms with van der Waals surface area (Å²) in [5.74, 6) is 0.378. The predicted octanol–water partition coefficient (Wildman–Crippen LogP) is 4.23. The largest absolute Gasteiger partial charge is 0.441 e. The molecule has 1 nitrogen and oxygen atoms in total. The molecule has 0 fully saturated rings. The second kappa shape index (κ2) is 7.04. The van der Waals surface area contributed by atoms with Gasteiger partial charge in [-0.3, -0.25) is 0 Å². The normalized spacial score (nSPS) is 13.9. The van der Waals surface area contributed by atoms with E-state index in [1.807, 2.05) is 30.3 Å². The molecule has 1 aromatic rings. The number of nitrogens with one attached hydrogen (secondary N) is 1. The van der Waals surface area contributed by atoms with Gasteiger partial charge in [0.05, 0.1) is 0 Å². The fourth-order valence-electron chi connectivity index (χ4n) is 1.78. The van der Waals surface area contributed by atoms with Crippen LogP contribution in [0.4, 0.5) is 13.2 Å². The highest BCUT2D eigenvalue weighted by Gasteiger charge is 2.27. The van der Waals surface area contributed by atoms with Crippen molar-refractivity contribution >= 4 is 11.8 Å². The molecule has 1 unspecified atom stereocenters. The lowest BCUT2D eigenvalue weighted by Gasteiger charge is -2.23. The Labute approximate surface area is 110 Å². The van der Waals surface area contributed by atoms with E-state index in [-0.39, 0.29) is 23.6 Å². The molecule has 1 atom stereocenters. The van der Waals surface area contributed by atoms with Crippen molar-refractivity contribution in [2.24, 2.45) is 5.92 Å². The van der Waals surface area contributed by atoms with Crippen LogP contribution in [-0.4, -0.2) is 17.8 Å². The van der Waals surface area contributed by atoms with E-state index < -0.39 is 5.51 Å². The molecule has 1 aromatic carbocycles. The zero-order valence-corrected chi connectivity index (χ0v) is 11.3. The van der Waals surface area contributed by atoms with E-state index >= 15 is 0 Å². The maximum Gasteiger partial charge on any atom is 0.441 e. The molecular formula is C13H18F3NS. The predicted molar refractivity (Wildman–Crippen MR) is 70.5 cm³/mol. The Balaban J connectivity index is 2.45. The first-order chi connectivity index (χ1) is 8.40. The van der Waals surface area contributed by atoms with Crippen LogP contribution in [0.15, 0.2) is 30.3 Å². The maximum atomic E-state index is 12.0. The zero-order valence-electron chi connectivity index (χ0n) is 10.5. The monoisotopic (exact) mass is 277 g/mol. The minimum absolute atomic E-state index is 0.0200. The topological polar surface area (TPSA) is 12.0 Å². The number of thioether (sulfide) groups is 1. The highest BCUT2D eigenvalue weighted by Crippen LogP contribution is 2.29. The van der Waals surface area contributed by atoms with Crippen LogP contribution in [0, 0.1) is 5.92 Å².